The summed E-state index contributed by atoms with van der Waals surface area (Å²) in [6.45, 7) is 0. The third-order valence-electron chi connectivity index (χ3n) is 2.54. The maximum Gasteiger partial charge on any atom is 0.328 e. The van der Waals surface area contributed by atoms with Crippen LogP contribution in [-0.4, -0.2) is 31.8 Å². The molecule has 106 valence electrons. The van der Waals surface area contributed by atoms with Crippen molar-refractivity contribution in [3.8, 4) is 23.5 Å². The van der Waals surface area contributed by atoms with E-state index in [1.165, 1.54) is 4.68 Å². The minimum absolute atomic E-state index is 0.0217. The molecular formula is C13H10ClN5O2. The van der Waals surface area contributed by atoms with E-state index in [1.807, 2.05) is 6.07 Å². The largest absolute Gasteiger partial charge is 0.497 e. The van der Waals surface area contributed by atoms with Crippen LogP contribution in [0, 0.1) is 0 Å². The lowest BCUT2D eigenvalue weighted by atomic mass is 10.3. The van der Waals surface area contributed by atoms with Crippen molar-refractivity contribution in [3.63, 3.8) is 0 Å². The van der Waals surface area contributed by atoms with Crippen molar-refractivity contribution < 1.29 is 9.47 Å². The molecule has 21 heavy (non-hydrogen) atoms. The number of hydrogen-bond donors (Lipinski definition) is 0. The summed E-state index contributed by atoms with van der Waals surface area (Å²) in [6, 6.07) is 8.90. The van der Waals surface area contributed by atoms with E-state index in [4.69, 9.17) is 21.1 Å². The van der Waals surface area contributed by atoms with Gasteiger partial charge in [0, 0.05) is 18.5 Å². The van der Waals surface area contributed by atoms with Crippen molar-refractivity contribution >= 4 is 11.6 Å². The van der Waals surface area contributed by atoms with E-state index >= 15 is 0 Å². The summed E-state index contributed by atoms with van der Waals surface area (Å²) in [5.74, 6) is 1.47. The van der Waals surface area contributed by atoms with Crippen LogP contribution in [0.2, 0.25) is 5.28 Å². The highest BCUT2D eigenvalue weighted by atomic mass is 35.5. The first-order valence-corrected chi connectivity index (χ1v) is 6.36. The lowest BCUT2D eigenvalue weighted by Crippen LogP contribution is -2.05. The number of nitrogens with zero attached hydrogens (tertiary/aromatic N) is 5. The number of ether oxygens (including phenoxy) is 2. The van der Waals surface area contributed by atoms with Gasteiger partial charge < -0.3 is 9.47 Å². The molecule has 3 rings (SSSR count). The SMILES string of the molecule is COc1cccc(Oc2nc(Cl)nc(-n3cccn3)n2)c1. The van der Waals surface area contributed by atoms with Crippen LogP contribution in [0.5, 0.6) is 17.5 Å². The number of aromatic nitrogens is 5. The van der Waals surface area contributed by atoms with Gasteiger partial charge in [-0.05, 0) is 29.8 Å². The van der Waals surface area contributed by atoms with Gasteiger partial charge in [-0.1, -0.05) is 6.07 Å². The molecule has 7 nitrogen and oxygen atoms in total. The number of rotatable bonds is 4. The van der Waals surface area contributed by atoms with Gasteiger partial charge in [-0.15, -0.1) is 0 Å². The lowest BCUT2D eigenvalue weighted by Gasteiger charge is -2.07. The predicted molar refractivity (Wildman–Crippen MR) is 75.0 cm³/mol. The molecule has 0 unspecified atom stereocenters. The van der Waals surface area contributed by atoms with Crippen molar-refractivity contribution in [1.29, 1.82) is 0 Å². The van der Waals surface area contributed by atoms with Crippen molar-refractivity contribution in [3.05, 3.63) is 48.0 Å². The second-order valence-electron chi connectivity index (χ2n) is 3.92. The molecule has 3 aromatic rings. The van der Waals surface area contributed by atoms with E-state index in [0.717, 1.165) is 0 Å². The van der Waals surface area contributed by atoms with Crippen LogP contribution in [0.25, 0.3) is 5.95 Å². The first kappa shape index (κ1) is 13.3. The topological polar surface area (TPSA) is 75.0 Å². The quantitative estimate of drug-likeness (QED) is 0.737. The van der Waals surface area contributed by atoms with Crippen LogP contribution < -0.4 is 9.47 Å². The van der Waals surface area contributed by atoms with Crippen molar-refractivity contribution in [2.75, 3.05) is 7.11 Å². The third-order valence-corrected chi connectivity index (χ3v) is 2.70. The lowest BCUT2D eigenvalue weighted by molar-refractivity contribution is 0.403. The van der Waals surface area contributed by atoms with E-state index in [9.17, 15) is 0 Å². The third kappa shape index (κ3) is 3.09. The Morgan fingerprint density at radius 1 is 1.10 bits per heavy atom. The Hall–Kier alpha value is -2.67. The Bertz CT molecular complexity index is 748. The van der Waals surface area contributed by atoms with E-state index in [0.29, 0.717) is 11.5 Å². The summed E-state index contributed by atoms with van der Waals surface area (Å²) in [6.07, 6.45) is 3.31. The van der Waals surface area contributed by atoms with Crippen LogP contribution in [0.15, 0.2) is 42.7 Å². The molecule has 0 spiro atoms. The Morgan fingerprint density at radius 3 is 2.71 bits per heavy atom. The number of hydrogen-bond acceptors (Lipinski definition) is 6. The first-order valence-electron chi connectivity index (χ1n) is 5.98. The van der Waals surface area contributed by atoms with Crippen LogP contribution in [0.1, 0.15) is 0 Å². The van der Waals surface area contributed by atoms with Crippen molar-refractivity contribution in [1.82, 2.24) is 24.7 Å². The average molecular weight is 304 g/mol. The average Bonchev–Trinajstić information content (AvgIpc) is 3.01. The Morgan fingerprint density at radius 2 is 1.95 bits per heavy atom. The van der Waals surface area contributed by atoms with Gasteiger partial charge in [0.2, 0.25) is 5.28 Å². The monoisotopic (exact) mass is 303 g/mol. The summed E-state index contributed by atoms with van der Waals surface area (Å²) in [5.41, 5.74) is 0. The zero-order valence-electron chi connectivity index (χ0n) is 11.0. The highest BCUT2D eigenvalue weighted by Gasteiger charge is 2.09. The number of methoxy groups -OCH3 is 1. The smallest absolute Gasteiger partial charge is 0.328 e. The van der Waals surface area contributed by atoms with Crippen molar-refractivity contribution in [2.45, 2.75) is 0 Å². The molecule has 8 heteroatoms. The summed E-state index contributed by atoms with van der Waals surface area (Å²) in [4.78, 5) is 12.1. The molecule has 2 aromatic heterocycles. The highest BCUT2D eigenvalue weighted by Crippen LogP contribution is 2.23. The molecule has 0 amide bonds. The fourth-order valence-electron chi connectivity index (χ4n) is 1.63. The van der Waals surface area contributed by atoms with Crippen LogP contribution in [0.3, 0.4) is 0 Å². The fraction of sp³-hybridized carbons (Fsp3) is 0.0769. The minimum Gasteiger partial charge on any atom is -0.497 e. The molecule has 1 aromatic carbocycles. The van der Waals surface area contributed by atoms with Crippen LogP contribution in [0.4, 0.5) is 0 Å². The Balaban J connectivity index is 1.91. The molecule has 0 fully saturated rings. The van der Waals surface area contributed by atoms with E-state index in [1.54, 1.807) is 43.8 Å². The van der Waals surface area contributed by atoms with Gasteiger partial charge in [0.25, 0.3) is 5.95 Å². The molecule has 0 saturated heterocycles. The van der Waals surface area contributed by atoms with Crippen LogP contribution >= 0.6 is 11.6 Å². The maximum absolute atomic E-state index is 5.88. The second kappa shape index (κ2) is 5.76. The zero-order valence-corrected chi connectivity index (χ0v) is 11.7. The van der Waals surface area contributed by atoms with Gasteiger partial charge in [0.15, 0.2) is 0 Å². The van der Waals surface area contributed by atoms with Gasteiger partial charge >= 0.3 is 6.01 Å². The number of halogens is 1. The van der Waals surface area contributed by atoms with Crippen LogP contribution in [-0.2, 0) is 0 Å². The predicted octanol–water partition coefficient (Wildman–Crippen LogP) is 2.51. The van der Waals surface area contributed by atoms with E-state index in [2.05, 4.69) is 20.1 Å². The van der Waals surface area contributed by atoms with Crippen molar-refractivity contribution in [2.24, 2.45) is 0 Å². The normalized spacial score (nSPS) is 10.4. The van der Waals surface area contributed by atoms with Gasteiger partial charge in [0.05, 0.1) is 7.11 Å². The molecule has 0 N–H and O–H groups in total. The first-order chi connectivity index (χ1) is 10.2. The molecule has 0 atom stereocenters. The molecule has 0 aliphatic rings. The number of benzene rings is 1. The van der Waals surface area contributed by atoms with E-state index in [-0.39, 0.29) is 17.2 Å². The van der Waals surface area contributed by atoms with Gasteiger partial charge in [-0.25, -0.2) is 4.68 Å². The fourth-order valence-corrected chi connectivity index (χ4v) is 1.78. The molecule has 0 bridgehead atoms. The van der Waals surface area contributed by atoms with Gasteiger partial charge in [-0.2, -0.15) is 20.1 Å². The molecule has 0 aliphatic heterocycles. The summed E-state index contributed by atoms with van der Waals surface area (Å²) >= 11 is 5.88. The van der Waals surface area contributed by atoms with Gasteiger partial charge in [-0.3, -0.25) is 0 Å². The Kier molecular flexibility index (Phi) is 3.65. The zero-order chi connectivity index (χ0) is 14.7. The van der Waals surface area contributed by atoms with Gasteiger partial charge in [0.1, 0.15) is 11.5 Å². The van der Waals surface area contributed by atoms with E-state index < -0.39 is 0 Å². The summed E-state index contributed by atoms with van der Waals surface area (Å²) < 4.78 is 12.2. The Labute approximate surface area is 125 Å². The summed E-state index contributed by atoms with van der Waals surface area (Å²) in [7, 11) is 1.58. The molecule has 0 saturated carbocycles. The molecule has 0 aliphatic carbocycles. The highest BCUT2D eigenvalue weighted by molar-refractivity contribution is 6.28. The molecule has 0 radical (unpaired) electrons. The minimum atomic E-state index is 0.0217. The molecular weight excluding hydrogens is 294 g/mol. The standard InChI is InChI=1S/C13H10ClN5O2/c1-20-9-4-2-5-10(8-9)21-13-17-11(14)16-12(18-13)19-7-3-6-15-19/h2-8H,1H3. The maximum atomic E-state index is 5.88. The molecule has 2 heterocycles. The second-order valence-corrected chi connectivity index (χ2v) is 4.26. The summed E-state index contributed by atoms with van der Waals surface area (Å²) in [5, 5.41) is 4.05.